The van der Waals surface area contributed by atoms with Crippen LogP contribution in [0.4, 0.5) is 0 Å². The van der Waals surface area contributed by atoms with Crippen LogP contribution < -0.4 is 0 Å². The number of hydrogen-bond donors (Lipinski definition) is 0. The van der Waals surface area contributed by atoms with Gasteiger partial charge in [0.05, 0.1) is 12.2 Å². The van der Waals surface area contributed by atoms with Crippen LogP contribution in [0.2, 0.25) is 36.3 Å². The molecular formula is C30H44O3Si2. The van der Waals surface area contributed by atoms with Gasteiger partial charge in [-0.2, -0.15) is 0 Å². The van der Waals surface area contributed by atoms with Crippen LogP contribution in [-0.2, 0) is 13.6 Å². The summed E-state index contributed by atoms with van der Waals surface area (Å²) in [7, 11) is -2.34. The normalized spacial score (nSPS) is 22.7. The predicted octanol–water partition coefficient (Wildman–Crippen LogP) is 8.98. The van der Waals surface area contributed by atoms with Gasteiger partial charge in [-0.15, -0.1) is 0 Å². The van der Waals surface area contributed by atoms with Crippen molar-refractivity contribution in [3.63, 3.8) is 0 Å². The van der Waals surface area contributed by atoms with E-state index in [-0.39, 0.29) is 28.4 Å². The fraction of sp³-hybridized carbons (Fsp3) is 0.533. The third kappa shape index (κ3) is 4.44. The van der Waals surface area contributed by atoms with Gasteiger partial charge in [-0.1, -0.05) is 90.1 Å². The second-order valence-electron chi connectivity index (χ2n) is 13.2. The van der Waals surface area contributed by atoms with E-state index in [1.165, 1.54) is 33.4 Å². The Kier molecular flexibility index (Phi) is 6.68. The standard InChI is InChI=1S/C30H44O3Si2/c1-29(2,3)34(8,9)32-27-22-18-14-15-19-23(22)28(33-35(10,11)30(4,5)6)25-24(27)20-16-12-13-17-21(20)26(25)31-7/h12-19,26-28H,1-11H3/t26-,27+,28-/m0/s1. The first-order valence-corrected chi connectivity index (χ1v) is 18.7. The van der Waals surface area contributed by atoms with Crippen molar-refractivity contribution in [1.82, 2.24) is 0 Å². The molecule has 0 bridgehead atoms. The van der Waals surface area contributed by atoms with Gasteiger partial charge >= 0.3 is 0 Å². The summed E-state index contributed by atoms with van der Waals surface area (Å²) in [4.78, 5) is 0. The summed E-state index contributed by atoms with van der Waals surface area (Å²) in [6.45, 7) is 23.3. The molecule has 0 amide bonds. The Morgan fingerprint density at radius 2 is 1.03 bits per heavy atom. The number of rotatable bonds is 5. The van der Waals surface area contributed by atoms with Gasteiger partial charge in [-0.05, 0) is 64.1 Å². The fourth-order valence-electron chi connectivity index (χ4n) is 4.76. The molecule has 190 valence electrons. The first-order valence-electron chi connectivity index (χ1n) is 12.9. The first-order chi connectivity index (χ1) is 16.1. The summed E-state index contributed by atoms with van der Waals surface area (Å²) in [5.41, 5.74) is 7.44. The van der Waals surface area contributed by atoms with E-state index < -0.39 is 16.6 Å². The zero-order valence-electron chi connectivity index (χ0n) is 23.6. The van der Waals surface area contributed by atoms with Crippen LogP contribution in [0.25, 0.3) is 5.57 Å². The van der Waals surface area contributed by atoms with E-state index in [1.807, 2.05) is 7.11 Å². The summed E-state index contributed by atoms with van der Waals surface area (Å²) in [5, 5.41) is 0.209. The van der Waals surface area contributed by atoms with Crippen molar-refractivity contribution in [2.75, 3.05) is 7.11 Å². The van der Waals surface area contributed by atoms with Crippen LogP contribution in [0.5, 0.6) is 0 Å². The summed E-state index contributed by atoms with van der Waals surface area (Å²) >= 11 is 0. The molecule has 2 aromatic rings. The van der Waals surface area contributed by atoms with Crippen molar-refractivity contribution in [3.8, 4) is 0 Å². The van der Waals surface area contributed by atoms with Crippen molar-refractivity contribution in [2.24, 2.45) is 0 Å². The van der Waals surface area contributed by atoms with E-state index in [2.05, 4.69) is 116 Å². The molecule has 0 saturated heterocycles. The quantitative estimate of drug-likeness (QED) is 0.377. The molecule has 4 rings (SSSR count). The molecule has 0 heterocycles. The molecule has 5 heteroatoms. The summed E-state index contributed by atoms with van der Waals surface area (Å²) in [6.07, 6.45) is -0.392. The molecule has 0 aliphatic heterocycles. The van der Waals surface area contributed by atoms with E-state index in [4.69, 9.17) is 13.6 Å². The van der Waals surface area contributed by atoms with Crippen LogP contribution in [0.3, 0.4) is 0 Å². The number of ether oxygens (including phenoxy) is 1. The highest BCUT2D eigenvalue weighted by atomic mass is 28.4. The number of benzene rings is 2. The molecule has 0 fully saturated rings. The maximum Gasteiger partial charge on any atom is 0.193 e. The topological polar surface area (TPSA) is 27.7 Å². The third-order valence-corrected chi connectivity index (χ3v) is 17.8. The van der Waals surface area contributed by atoms with E-state index >= 15 is 0 Å². The highest BCUT2D eigenvalue weighted by Gasteiger charge is 2.50. The lowest BCUT2D eigenvalue weighted by atomic mass is 9.81. The minimum absolute atomic E-state index is 0.102. The SMILES string of the molecule is CO[C@@H]1C2=C(c3ccccc31)[C@H](O[Si](C)(C)C(C)(C)C)c1ccccc1[C@@H]2O[Si](C)(C)C(C)(C)C. The molecule has 0 saturated carbocycles. The highest BCUT2D eigenvalue weighted by molar-refractivity contribution is 6.74. The van der Waals surface area contributed by atoms with E-state index in [9.17, 15) is 0 Å². The number of methoxy groups -OCH3 is 1. The molecule has 3 atom stereocenters. The van der Waals surface area contributed by atoms with Crippen molar-refractivity contribution in [1.29, 1.82) is 0 Å². The van der Waals surface area contributed by atoms with Gasteiger partial charge in [-0.25, -0.2) is 0 Å². The number of hydrogen-bond acceptors (Lipinski definition) is 3. The summed E-state index contributed by atoms with van der Waals surface area (Å²) in [6, 6.07) is 17.5. The lowest BCUT2D eigenvalue weighted by Crippen LogP contribution is -2.44. The van der Waals surface area contributed by atoms with Gasteiger partial charge in [0.1, 0.15) is 6.10 Å². The van der Waals surface area contributed by atoms with Crippen molar-refractivity contribution >= 4 is 22.2 Å². The van der Waals surface area contributed by atoms with E-state index in [0.717, 1.165) is 0 Å². The van der Waals surface area contributed by atoms with Crippen LogP contribution in [0.15, 0.2) is 54.1 Å². The van der Waals surface area contributed by atoms with Gasteiger partial charge in [0.2, 0.25) is 0 Å². The van der Waals surface area contributed by atoms with Gasteiger partial charge in [0.15, 0.2) is 16.6 Å². The Morgan fingerprint density at radius 1 is 0.600 bits per heavy atom. The summed E-state index contributed by atoms with van der Waals surface area (Å²) in [5.74, 6) is 0. The second kappa shape index (κ2) is 8.81. The Balaban J connectivity index is 1.98. The largest absolute Gasteiger partial charge is 0.406 e. The lowest BCUT2D eigenvalue weighted by Gasteiger charge is -2.45. The highest BCUT2D eigenvalue weighted by Crippen LogP contribution is 2.60. The van der Waals surface area contributed by atoms with Gasteiger partial charge in [-0.3, -0.25) is 0 Å². The fourth-order valence-corrected chi connectivity index (χ4v) is 7.15. The summed E-state index contributed by atoms with van der Waals surface area (Å²) < 4.78 is 20.7. The smallest absolute Gasteiger partial charge is 0.193 e. The first kappa shape index (κ1) is 26.6. The van der Waals surface area contributed by atoms with Crippen LogP contribution >= 0.6 is 0 Å². The lowest BCUT2D eigenvalue weighted by molar-refractivity contribution is 0.100. The van der Waals surface area contributed by atoms with Crippen molar-refractivity contribution < 1.29 is 13.6 Å². The molecular weight excluding hydrogens is 464 g/mol. The second-order valence-corrected chi connectivity index (χ2v) is 22.7. The zero-order valence-corrected chi connectivity index (χ0v) is 25.6. The monoisotopic (exact) mass is 508 g/mol. The number of fused-ring (bicyclic) bond motifs is 3. The molecule has 0 aromatic heterocycles. The molecule has 2 aliphatic rings. The Labute approximate surface area is 215 Å². The van der Waals surface area contributed by atoms with Crippen LogP contribution in [0, 0.1) is 0 Å². The predicted molar refractivity (Wildman–Crippen MR) is 152 cm³/mol. The Bertz CT molecular complexity index is 1130. The molecule has 35 heavy (non-hydrogen) atoms. The minimum atomic E-state index is -2.09. The van der Waals surface area contributed by atoms with Crippen LogP contribution in [-0.4, -0.2) is 23.7 Å². The maximum atomic E-state index is 7.26. The molecule has 2 aromatic carbocycles. The molecule has 0 N–H and O–H groups in total. The van der Waals surface area contributed by atoms with Crippen molar-refractivity contribution in [3.05, 3.63) is 76.4 Å². The molecule has 0 unspecified atom stereocenters. The average Bonchev–Trinajstić information content (AvgIpc) is 3.08. The maximum absolute atomic E-state index is 7.26. The van der Waals surface area contributed by atoms with Gasteiger partial charge in [0, 0.05) is 12.7 Å². The Hall–Kier alpha value is -1.51. The average molecular weight is 509 g/mol. The molecule has 2 aliphatic carbocycles. The third-order valence-electron chi connectivity index (χ3n) is 8.91. The van der Waals surface area contributed by atoms with E-state index in [0.29, 0.717) is 0 Å². The Morgan fingerprint density at radius 3 is 1.51 bits per heavy atom. The van der Waals surface area contributed by atoms with Gasteiger partial charge in [0.25, 0.3) is 0 Å². The van der Waals surface area contributed by atoms with E-state index in [1.54, 1.807) is 0 Å². The minimum Gasteiger partial charge on any atom is -0.406 e. The van der Waals surface area contributed by atoms with Crippen molar-refractivity contribution in [2.45, 2.75) is 96.1 Å². The zero-order chi connectivity index (χ0) is 26.0. The van der Waals surface area contributed by atoms with Crippen LogP contribution in [0.1, 0.15) is 82.1 Å². The molecule has 0 radical (unpaired) electrons. The van der Waals surface area contributed by atoms with Gasteiger partial charge < -0.3 is 13.6 Å². The molecule has 3 nitrogen and oxygen atoms in total. The molecule has 0 spiro atoms.